The highest BCUT2D eigenvalue weighted by atomic mass is 16.5. The Kier molecular flexibility index (Phi) is 4.76. The Bertz CT molecular complexity index is 484. The van der Waals surface area contributed by atoms with Gasteiger partial charge in [-0.25, -0.2) is 4.79 Å². The van der Waals surface area contributed by atoms with E-state index in [1.165, 1.54) is 17.3 Å². The third-order valence-electron chi connectivity index (χ3n) is 3.73. The quantitative estimate of drug-likeness (QED) is 0.842. The van der Waals surface area contributed by atoms with Gasteiger partial charge >= 0.3 is 5.97 Å². The van der Waals surface area contributed by atoms with E-state index in [2.05, 4.69) is 17.3 Å². The van der Waals surface area contributed by atoms with Crippen LogP contribution in [0.15, 0.2) is 12.4 Å². The van der Waals surface area contributed by atoms with E-state index in [0.717, 1.165) is 19.3 Å². The molecule has 0 radical (unpaired) electrons. The van der Waals surface area contributed by atoms with Crippen molar-refractivity contribution in [3.05, 3.63) is 18.0 Å². The minimum Gasteiger partial charge on any atom is -0.452 e. The fourth-order valence-electron chi connectivity index (χ4n) is 2.52. The van der Waals surface area contributed by atoms with Crippen LogP contribution >= 0.6 is 0 Å². The number of nitrogens with zero attached hydrogens (tertiary/aromatic N) is 2. The van der Waals surface area contributed by atoms with E-state index in [4.69, 9.17) is 4.74 Å². The molecular formula is C14H21N3O3. The molecule has 1 aromatic heterocycles. The van der Waals surface area contributed by atoms with Gasteiger partial charge in [0, 0.05) is 19.3 Å². The summed E-state index contributed by atoms with van der Waals surface area (Å²) in [5, 5.41) is 6.83. The zero-order valence-electron chi connectivity index (χ0n) is 12.0. The number of hydrogen-bond donors (Lipinski definition) is 1. The van der Waals surface area contributed by atoms with Gasteiger partial charge in [0.1, 0.15) is 0 Å². The standard InChI is InChI=1S/C14H21N3O3/c1-10-5-3-4-6-12(10)16-13(18)9-20-14(19)11-7-15-17(2)8-11/h7-8,10,12H,3-6,9H2,1-2H3,(H,16,18)/t10-,12-/m0/s1. The van der Waals surface area contributed by atoms with Crippen LogP contribution in [0.4, 0.5) is 0 Å². The molecule has 0 saturated heterocycles. The van der Waals surface area contributed by atoms with Crippen molar-refractivity contribution in [2.75, 3.05) is 6.61 Å². The highest BCUT2D eigenvalue weighted by molar-refractivity contribution is 5.90. The van der Waals surface area contributed by atoms with Crippen molar-refractivity contribution in [2.45, 2.75) is 38.6 Å². The zero-order chi connectivity index (χ0) is 14.5. The maximum absolute atomic E-state index is 11.8. The van der Waals surface area contributed by atoms with Gasteiger partial charge in [0.15, 0.2) is 6.61 Å². The number of amides is 1. The maximum Gasteiger partial charge on any atom is 0.341 e. The Morgan fingerprint density at radius 2 is 2.20 bits per heavy atom. The van der Waals surface area contributed by atoms with Crippen LogP contribution in [0, 0.1) is 5.92 Å². The number of aromatic nitrogens is 2. The molecule has 1 aliphatic carbocycles. The van der Waals surface area contributed by atoms with E-state index in [1.54, 1.807) is 13.2 Å². The molecule has 0 aromatic carbocycles. The van der Waals surface area contributed by atoms with Crippen LogP contribution in [0.5, 0.6) is 0 Å². The molecule has 0 spiro atoms. The number of ether oxygens (including phenoxy) is 1. The summed E-state index contributed by atoms with van der Waals surface area (Å²) in [6, 6.07) is 0.202. The lowest BCUT2D eigenvalue weighted by Crippen LogP contribution is -2.42. The van der Waals surface area contributed by atoms with E-state index >= 15 is 0 Å². The molecule has 1 fully saturated rings. The number of carbonyl (C=O) groups is 2. The fraction of sp³-hybridized carbons (Fsp3) is 0.643. The average Bonchev–Trinajstić information content (AvgIpc) is 2.85. The molecule has 110 valence electrons. The summed E-state index contributed by atoms with van der Waals surface area (Å²) < 4.78 is 6.49. The molecule has 1 heterocycles. The van der Waals surface area contributed by atoms with Gasteiger partial charge in [0.2, 0.25) is 0 Å². The molecule has 1 aliphatic rings. The van der Waals surface area contributed by atoms with Crippen molar-refractivity contribution < 1.29 is 14.3 Å². The largest absolute Gasteiger partial charge is 0.452 e. The highest BCUT2D eigenvalue weighted by Gasteiger charge is 2.23. The Balaban J connectivity index is 1.76. The molecule has 6 nitrogen and oxygen atoms in total. The average molecular weight is 279 g/mol. The Labute approximate surface area is 118 Å². The van der Waals surface area contributed by atoms with Crippen molar-refractivity contribution >= 4 is 11.9 Å². The van der Waals surface area contributed by atoms with Gasteiger partial charge < -0.3 is 10.1 Å². The van der Waals surface area contributed by atoms with Crippen LogP contribution in [0.3, 0.4) is 0 Å². The summed E-state index contributed by atoms with van der Waals surface area (Å²) in [6.45, 7) is 1.91. The van der Waals surface area contributed by atoms with Gasteiger partial charge in [-0.05, 0) is 18.8 Å². The predicted octanol–water partition coefficient (Wildman–Crippen LogP) is 1.27. The Morgan fingerprint density at radius 3 is 2.85 bits per heavy atom. The molecule has 2 atom stereocenters. The Hall–Kier alpha value is -1.85. The third-order valence-corrected chi connectivity index (χ3v) is 3.73. The van der Waals surface area contributed by atoms with Crippen molar-refractivity contribution in [3.8, 4) is 0 Å². The predicted molar refractivity (Wildman–Crippen MR) is 73.1 cm³/mol. The molecule has 0 bridgehead atoms. The monoisotopic (exact) mass is 279 g/mol. The second-order valence-electron chi connectivity index (χ2n) is 5.41. The van der Waals surface area contributed by atoms with Gasteiger partial charge in [0.25, 0.3) is 5.91 Å². The lowest BCUT2D eigenvalue weighted by atomic mass is 9.86. The first-order valence-electron chi connectivity index (χ1n) is 7.01. The van der Waals surface area contributed by atoms with E-state index in [9.17, 15) is 9.59 Å². The molecule has 1 N–H and O–H groups in total. The van der Waals surface area contributed by atoms with E-state index in [0.29, 0.717) is 11.5 Å². The summed E-state index contributed by atoms with van der Waals surface area (Å²) in [5.74, 6) is -0.271. The molecule has 0 aliphatic heterocycles. The summed E-state index contributed by atoms with van der Waals surface area (Å²) >= 11 is 0. The second kappa shape index (κ2) is 6.54. The van der Waals surface area contributed by atoms with Gasteiger partial charge in [-0.3, -0.25) is 9.48 Å². The normalized spacial score (nSPS) is 22.3. The van der Waals surface area contributed by atoms with Crippen LogP contribution in [-0.4, -0.2) is 34.3 Å². The van der Waals surface area contributed by atoms with Gasteiger partial charge in [-0.2, -0.15) is 5.10 Å². The summed E-state index contributed by atoms with van der Waals surface area (Å²) in [7, 11) is 1.72. The molecule has 1 amide bonds. The molecule has 2 rings (SSSR count). The number of esters is 1. The molecular weight excluding hydrogens is 258 g/mol. The van der Waals surface area contributed by atoms with Crippen LogP contribution in [0.1, 0.15) is 43.0 Å². The van der Waals surface area contributed by atoms with Gasteiger partial charge in [-0.15, -0.1) is 0 Å². The summed E-state index contributed by atoms with van der Waals surface area (Å²) in [6.07, 6.45) is 7.49. The lowest BCUT2D eigenvalue weighted by Gasteiger charge is -2.29. The molecule has 1 saturated carbocycles. The van der Waals surface area contributed by atoms with Crippen molar-refractivity contribution in [3.63, 3.8) is 0 Å². The van der Waals surface area contributed by atoms with Crippen LogP contribution in [0.2, 0.25) is 0 Å². The first-order chi connectivity index (χ1) is 9.56. The molecule has 20 heavy (non-hydrogen) atoms. The number of aryl methyl sites for hydroxylation is 1. The number of hydrogen-bond acceptors (Lipinski definition) is 4. The van der Waals surface area contributed by atoms with Crippen molar-refractivity contribution in [2.24, 2.45) is 13.0 Å². The highest BCUT2D eigenvalue weighted by Crippen LogP contribution is 2.23. The zero-order valence-corrected chi connectivity index (χ0v) is 12.0. The van der Waals surface area contributed by atoms with Gasteiger partial charge in [-0.1, -0.05) is 19.8 Å². The topological polar surface area (TPSA) is 73.2 Å². The van der Waals surface area contributed by atoms with Gasteiger partial charge in [0.05, 0.1) is 11.8 Å². The number of carbonyl (C=O) groups excluding carboxylic acids is 2. The van der Waals surface area contributed by atoms with Crippen LogP contribution < -0.4 is 5.32 Å². The summed E-state index contributed by atoms with van der Waals surface area (Å²) in [4.78, 5) is 23.5. The SMILES string of the molecule is C[C@H]1CCCC[C@@H]1NC(=O)COC(=O)c1cnn(C)c1. The van der Waals surface area contributed by atoms with E-state index < -0.39 is 5.97 Å². The van der Waals surface area contributed by atoms with Crippen molar-refractivity contribution in [1.82, 2.24) is 15.1 Å². The smallest absolute Gasteiger partial charge is 0.341 e. The third kappa shape index (κ3) is 3.82. The summed E-state index contributed by atoms with van der Waals surface area (Å²) in [5.41, 5.74) is 0.353. The second-order valence-corrected chi connectivity index (χ2v) is 5.41. The first-order valence-corrected chi connectivity index (χ1v) is 7.01. The molecule has 6 heteroatoms. The first kappa shape index (κ1) is 14.6. The molecule has 0 unspecified atom stereocenters. The fourth-order valence-corrected chi connectivity index (χ4v) is 2.52. The minimum absolute atomic E-state index is 0.202. The number of rotatable bonds is 4. The Morgan fingerprint density at radius 1 is 1.45 bits per heavy atom. The van der Waals surface area contributed by atoms with E-state index in [1.807, 2.05) is 0 Å². The maximum atomic E-state index is 11.8. The van der Waals surface area contributed by atoms with E-state index in [-0.39, 0.29) is 18.6 Å². The lowest BCUT2D eigenvalue weighted by molar-refractivity contribution is -0.125. The van der Waals surface area contributed by atoms with Crippen LogP contribution in [-0.2, 0) is 16.6 Å². The molecule has 1 aromatic rings. The van der Waals surface area contributed by atoms with Crippen molar-refractivity contribution in [1.29, 1.82) is 0 Å². The number of nitrogens with one attached hydrogen (secondary N) is 1. The minimum atomic E-state index is -0.523. The van der Waals surface area contributed by atoms with Crippen LogP contribution in [0.25, 0.3) is 0 Å².